The molecule has 0 aliphatic rings. The number of rotatable bonds is 27. The molecule has 0 fully saturated rings. The van der Waals surface area contributed by atoms with Crippen LogP contribution < -0.4 is 4.89 Å². The van der Waals surface area contributed by atoms with E-state index in [4.69, 9.17) is 13.8 Å². The minimum atomic E-state index is -4.30. The van der Waals surface area contributed by atoms with Crippen LogP contribution in [0.25, 0.3) is 0 Å². The fourth-order valence-electron chi connectivity index (χ4n) is 4.20. The standard InChI is InChI=1S/C28H61N2O5P/c1-7-8-9-10-11-12-13-14-15-16-17-18-19-20-21-22-23-29(2)26-28(33-6)27-35-36(31,32)34-25-24-30(3,4)5/h28H,7-27H2,1-6H3/t28-/m1/s1. The average Bonchev–Trinajstić information content (AvgIpc) is 2.80. The Morgan fingerprint density at radius 3 is 1.64 bits per heavy atom. The van der Waals surface area contributed by atoms with Crippen LogP contribution in [0.1, 0.15) is 110 Å². The molecule has 0 aromatic heterocycles. The molecule has 0 aliphatic heterocycles. The van der Waals surface area contributed by atoms with E-state index in [1.807, 2.05) is 28.2 Å². The molecule has 0 rings (SSSR count). The highest BCUT2D eigenvalue weighted by Gasteiger charge is 2.17. The van der Waals surface area contributed by atoms with Crippen LogP contribution in [0.3, 0.4) is 0 Å². The van der Waals surface area contributed by atoms with Crippen molar-refractivity contribution < 1.29 is 27.7 Å². The summed E-state index contributed by atoms with van der Waals surface area (Å²) in [6.45, 7) is 4.57. The summed E-state index contributed by atoms with van der Waals surface area (Å²) < 4.78 is 28.0. The summed E-state index contributed by atoms with van der Waals surface area (Å²) in [4.78, 5) is 14.2. The van der Waals surface area contributed by atoms with Gasteiger partial charge >= 0.3 is 0 Å². The Kier molecular flexibility index (Phi) is 22.9. The summed E-state index contributed by atoms with van der Waals surface area (Å²) in [6.07, 6.45) is 21.6. The topological polar surface area (TPSA) is 71.1 Å². The number of ether oxygens (including phenoxy) is 1. The van der Waals surface area contributed by atoms with Crippen LogP contribution in [0, 0.1) is 0 Å². The molecule has 0 amide bonds. The van der Waals surface area contributed by atoms with Gasteiger partial charge in [-0.25, -0.2) is 0 Å². The van der Waals surface area contributed by atoms with E-state index in [0.29, 0.717) is 17.6 Å². The second-order valence-corrected chi connectivity index (χ2v) is 12.9. The van der Waals surface area contributed by atoms with Gasteiger partial charge in [-0.05, 0) is 20.0 Å². The lowest BCUT2D eigenvalue weighted by Crippen LogP contribution is -2.38. The predicted octanol–water partition coefficient (Wildman–Crippen LogP) is 6.40. The van der Waals surface area contributed by atoms with Gasteiger partial charge in [-0.15, -0.1) is 0 Å². The third-order valence-corrected chi connectivity index (χ3v) is 7.64. The number of phosphoric ester groups is 1. The zero-order chi connectivity index (χ0) is 27.1. The molecule has 7 nitrogen and oxygen atoms in total. The van der Waals surface area contributed by atoms with Gasteiger partial charge in [0.1, 0.15) is 13.2 Å². The number of likely N-dealkylation sites (N-methyl/N-ethyl adjacent to an activating group) is 2. The highest BCUT2D eigenvalue weighted by Crippen LogP contribution is 2.38. The molecule has 0 saturated heterocycles. The van der Waals surface area contributed by atoms with Gasteiger partial charge in [0, 0.05) is 13.7 Å². The molecule has 0 aromatic rings. The maximum atomic E-state index is 12.0. The number of quaternary nitrogens is 1. The molecule has 0 spiro atoms. The maximum absolute atomic E-state index is 12.0. The lowest BCUT2D eigenvalue weighted by Gasteiger charge is -2.29. The Labute approximate surface area is 224 Å². The minimum Gasteiger partial charge on any atom is -0.756 e. The monoisotopic (exact) mass is 536 g/mol. The Morgan fingerprint density at radius 2 is 1.22 bits per heavy atom. The van der Waals surface area contributed by atoms with Gasteiger partial charge in [0.2, 0.25) is 0 Å². The first-order chi connectivity index (χ1) is 17.1. The molecular weight excluding hydrogens is 475 g/mol. The van der Waals surface area contributed by atoms with E-state index in [1.165, 1.54) is 96.3 Å². The van der Waals surface area contributed by atoms with Crippen LogP contribution >= 0.6 is 7.82 Å². The van der Waals surface area contributed by atoms with Gasteiger partial charge in [-0.2, -0.15) is 0 Å². The van der Waals surface area contributed by atoms with E-state index in [0.717, 1.165) is 13.0 Å². The van der Waals surface area contributed by atoms with Gasteiger partial charge in [0.15, 0.2) is 0 Å². The molecule has 1 unspecified atom stereocenters. The van der Waals surface area contributed by atoms with Crippen LogP contribution in [-0.4, -0.2) is 83.6 Å². The summed E-state index contributed by atoms with van der Waals surface area (Å²) in [7, 11) is 5.28. The first kappa shape index (κ1) is 36.0. The zero-order valence-corrected chi connectivity index (χ0v) is 25.7. The number of unbranched alkanes of at least 4 members (excludes halogenated alkanes) is 15. The summed E-state index contributed by atoms with van der Waals surface area (Å²) >= 11 is 0. The number of methoxy groups -OCH3 is 1. The van der Waals surface area contributed by atoms with Crippen molar-refractivity contribution in [3.63, 3.8) is 0 Å². The van der Waals surface area contributed by atoms with Crippen LogP contribution in [-0.2, 0) is 18.3 Å². The molecule has 8 heteroatoms. The van der Waals surface area contributed by atoms with Gasteiger partial charge in [0.05, 0.1) is 33.9 Å². The molecule has 0 heterocycles. The van der Waals surface area contributed by atoms with Crippen LogP contribution in [0.5, 0.6) is 0 Å². The lowest BCUT2D eigenvalue weighted by atomic mass is 10.0. The Bertz CT molecular complexity index is 531. The number of hydrogen-bond acceptors (Lipinski definition) is 6. The highest BCUT2D eigenvalue weighted by molar-refractivity contribution is 7.45. The molecule has 0 aliphatic carbocycles. The summed E-state index contributed by atoms with van der Waals surface area (Å²) in [5.41, 5.74) is 0. The highest BCUT2D eigenvalue weighted by atomic mass is 31.2. The van der Waals surface area contributed by atoms with Gasteiger partial charge in [-0.3, -0.25) is 4.57 Å². The van der Waals surface area contributed by atoms with E-state index in [9.17, 15) is 9.46 Å². The van der Waals surface area contributed by atoms with Gasteiger partial charge in [0.25, 0.3) is 7.82 Å². The summed E-state index contributed by atoms with van der Waals surface area (Å²) in [5.74, 6) is 0. The first-order valence-corrected chi connectivity index (χ1v) is 16.2. The van der Waals surface area contributed by atoms with Crippen molar-refractivity contribution in [2.75, 3.05) is 68.1 Å². The number of hydrogen-bond donors (Lipinski definition) is 0. The smallest absolute Gasteiger partial charge is 0.268 e. The first-order valence-electron chi connectivity index (χ1n) is 14.7. The lowest BCUT2D eigenvalue weighted by molar-refractivity contribution is -0.870. The zero-order valence-electron chi connectivity index (χ0n) is 24.8. The quantitative estimate of drug-likeness (QED) is 0.0687. The average molecular weight is 537 g/mol. The Balaban J connectivity index is 3.64. The Hall–Kier alpha value is -0.0100. The second-order valence-electron chi connectivity index (χ2n) is 11.5. The third-order valence-electron chi connectivity index (χ3n) is 6.67. The van der Waals surface area contributed by atoms with Crippen molar-refractivity contribution in [3.8, 4) is 0 Å². The van der Waals surface area contributed by atoms with Crippen molar-refractivity contribution in [1.29, 1.82) is 0 Å². The molecular formula is C28H61N2O5P. The second kappa shape index (κ2) is 22.9. The van der Waals surface area contributed by atoms with Crippen LogP contribution in [0.4, 0.5) is 0 Å². The molecule has 0 N–H and O–H groups in total. The van der Waals surface area contributed by atoms with Crippen molar-refractivity contribution in [1.82, 2.24) is 4.90 Å². The van der Waals surface area contributed by atoms with E-state index < -0.39 is 7.82 Å². The third kappa shape index (κ3) is 25.6. The molecule has 0 saturated carbocycles. The van der Waals surface area contributed by atoms with Crippen molar-refractivity contribution in [2.24, 2.45) is 0 Å². The van der Waals surface area contributed by atoms with E-state index in [-0.39, 0.29) is 19.3 Å². The van der Waals surface area contributed by atoms with E-state index >= 15 is 0 Å². The minimum absolute atomic E-state index is 0.0229. The molecule has 0 bridgehead atoms. The van der Waals surface area contributed by atoms with Crippen LogP contribution in [0.15, 0.2) is 0 Å². The fourth-order valence-corrected chi connectivity index (χ4v) is 4.93. The van der Waals surface area contributed by atoms with E-state index in [2.05, 4.69) is 11.8 Å². The van der Waals surface area contributed by atoms with Crippen molar-refractivity contribution >= 4 is 7.82 Å². The molecule has 2 atom stereocenters. The van der Waals surface area contributed by atoms with Gasteiger partial charge < -0.3 is 28.1 Å². The van der Waals surface area contributed by atoms with Crippen molar-refractivity contribution in [2.45, 2.75) is 116 Å². The van der Waals surface area contributed by atoms with Crippen molar-refractivity contribution in [3.05, 3.63) is 0 Å². The van der Waals surface area contributed by atoms with Crippen LogP contribution in [0.2, 0.25) is 0 Å². The SMILES string of the molecule is CCCCCCCCCCCCCCCCCCN(C)C[C@H](COP(=O)([O-])OCC[N+](C)(C)C)OC. The molecule has 36 heavy (non-hydrogen) atoms. The molecule has 218 valence electrons. The largest absolute Gasteiger partial charge is 0.756 e. The predicted molar refractivity (Wildman–Crippen MR) is 150 cm³/mol. The molecule has 0 radical (unpaired) electrons. The molecule has 0 aromatic carbocycles. The van der Waals surface area contributed by atoms with E-state index in [1.54, 1.807) is 7.11 Å². The fraction of sp³-hybridized carbons (Fsp3) is 1.00. The number of phosphoric acid groups is 1. The summed E-state index contributed by atoms with van der Waals surface area (Å²) in [5, 5.41) is 0. The number of nitrogens with zero attached hydrogens (tertiary/aromatic N) is 2. The summed E-state index contributed by atoms with van der Waals surface area (Å²) in [6, 6.07) is 0. The van der Waals surface area contributed by atoms with Gasteiger partial charge in [-0.1, -0.05) is 103 Å². The maximum Gasteiger partial charge on any atom is 0.268 e. The normalized spacial score (nSPS) is 14.9. The Morgan fingerprint density at radius 1 is 0.778 bits per heavy atom.